The lowest BCUT2D eigenvalue weighted by atomic mass is 10.2. The largest absolute Gasteiger partial charge is 0.397 e. The Balaban J connectivity index is 1.92. The van der Waals surface area contributed by atoms with Crippen molar-refractivity contribution in [1.82, 2.24) is 0 Å². The molecule has 0 atom stereocenters. The molecule has 0 saturated carbocycles. The van der Waals surface area contributed by atoms with Crippen molar-refractivity contribution < 1.29 is 4.43 Å². The fraction of sp³-hybridized carbons (Fsp3) is 0.0833. The van der Waals surface area contributed by atoms with E-state index in [0.717, 1.165) is 11.6 Å². The van der Waals surface area contributed by atoms with Crippen molar-refractivity contribution in [1.29, 1.82) is 0 Å². The number of allylic oxidation sites excluding steroid dienone is 1. The molecule has 0 saturated heterocycles. The van der Waals surface area contributed by atoms with Crippen LogP contribution < -0.4 is 10.4 Å². The van der Waals surface area contributed by atoms with Crippen LogP contribution in [-0.4, -0.2) is 14.9 Å². The molecule has 0 aliphatic rings. The molecule has 3 aromatic rings. The molecular formula is C24H22OSi. The summed E-state index contributed by atoms with van der Waals surface area (Å²) in [5, 5.41) is 2.49. The highest BCUT2D eigenvalue weighted by Gasteiger charge is 2.38. The minimum absolute atomic E-state index is 0.402. The molecule has 1 nitrogen and oxygen atoms in total. The third-order valence-electron chi connectivity index (χ3n) is 4.31. The van der Waals surface area contributed by atoms with Crippen LogP contribution in [0.15, 0.2) is 104 Å². The Labute approximate surface area is 157 Å². The van der Waals surface area contributed by atoms with Crippen molar-refractivity contribution in [3.63, 3.8) is 0 Å². The minimum Gasteiger partial charge on any atom is -0.397 e. The fourth-order valence-corrected chi connectivity index (χ4v) is 6.51. The maximum Gasteiger partial charge on any atom is 0.260 e. The Hall–Kier alpha value is -2.86. The van der Waals surface area contributed by atoms with Crippen molar-refractivity contribution in [3.8, 4) is 11.8 Å². The summed E-state index contributed by atoms with van der Waals surface area (Å²) in [4.78, 5) is 0. The van der Waals surface area contributed by atoms with Crippen LogP contribution in [0, 0.1) is 11.8 Å². The maximum absolute atomic E-state index is 6.56. The van der Waals surface area contributed by atoms with Crippen LogP contribution in [0.2, 0.25) is 6.04 Å². The Morgan fingerprint density at radius 3 is 1.77 bits per heavy atom. The molecule has 0 fully saturated rings. The first-order valence-electron chi connectivity index (χ1n) is 8.75. The zero-order chi connectivity index (χ0) is 18.1. The van der Waals surface area contributed by atoms with Crippen LogP contribution in [0.25, 0.3) is 0 Å². The van der Waals surface area contributed by atoms with Gasteiger partial charge in [-0.1, -0.05) is 96.8 Å². The second kappa shape index (κ2) is 9.01. The highest BCUT2D eigenvalue weighted by atomic mass is 28.4. The third-order valence-corrected chi connectivity index (χ3v) is 8.34. The lowest BCUT2D eigenvalue weighted by Gasteiger charge is -2.30. The van der Waals surface area contributed by atoms with Gasteiger partial charge in [0.1, 0.15) is 0 Å². The van der Waals surface area contributed by atoms with Gasteiger partial charge < -0.3 is 4.43 Å². The summed E-state index contributed by atoms with van der Waals surface area (Å²) < 4.78 is 6.56. The standard InChI is InChI=1S/C24H22OSi/c1-2-21-26(23-16-8-4-9-17-23,24-18-10-5-11-19-24)25-20-12-15-22-13-6-3-7-14-22/h2-11,13-14,16-19H,1,20-21H2. The van der Waals surface area contributed by atoms with Gasteiger partial charge in [-0.2, -0.15) is 0 Å². The van der Waals surface area contributed by atoms with E-state index in [1.165, 1.54) is 10.4 Å². The van der Waals surface area contributed by atoms with Gasteiger partial charge in [0.05, 0.1) is 6.61 Å². The van der Waals surface area contributed by atoms with Gasteiger partial charge in [0, 0.05) is 5.56 Å². The van der Waals surface area contributed by atoms with E-state index < -0.39 is 8.32 Å². The average Bonchev–Trinajstić information content (AvgIpc) is 2.72. The first-order chi connectivity index (χ1) is 12.8. The summed E-state index contributed by atoms with van der Waals surface area (Å²) in [6, 6.07) is 31.8. The molecule has 0 N–H and O–H groups in total. The molecular weight excluding hydrogens is 332 g/mol. The van der Waals surface area contributed by atoms with E-state index in [1.54, 1.807) is 0 Å². The number of hydrogen-bond acceptors (Lipinski definition) is 1. The first kappa shape index (κ1) is 17.9. The molecule has 26 heavy (non-hydrogen) atoms. The van der Waals surface area contributed by atoms with E-state index in [4.69, 9.17) is 4.43 Å². The van der Waals surface area contributed by atoms with Gasteiger partial charge in [-0.05, 0) is 28.6 Å². The van der Waals surface area contributed by atoms with Crippen molar-refractivity contribution in [2.75, 3.05) is 6.61 Å². The van der Waals surface area contributed by atoms with Gasteiger partial charge in [-0.25, -0.2) is 0 Å². The Morgan fingerprint density at radius 1 is 0.769 bits per heavy atom. The smallest absolute Gasteiger partial charge is 0.260 e. The predicted octanol–water partition coefficient (Wildman–Crippen LogP) is 4.00. The summed E-state index contributed by atoms with van der Waals surface area (Å²) >= 11 is 0. The zero-order valence-electron chi connectivity index (χ0n) is 14.8. The molecule has 0 aliphatic heterocycles. The van der Waals surface area contributed by atoms with Crippen LogP contribution >= 0.6 is 0 Å². The van der Waals surface area contributed by atoms with E-state index >= 15 is 0 Å². The molecule has 128 valence electrons. The second-order valence-corrected chi connectivity index (χ2v) is 9.51. The highest BCUT2D eigenvalue weighted by molar-refractivity contribution is 6.97. The lowest BCUT2D eigenvalue weighted by Crippen LogP contribution is -2.60. The van der Waals surface area contributed by atoms with Crippen molar-refractivity contribution in [2.45, 2.75) is 6.04 Å². The van der Waals surface area contributed by atoms with E-state index in [1.807, 2.05) is 48.5 Å². The van der Waals surface area contributed by atoms with Crippen LogP contribution in [0.3, 0.4) is 0 Å². The number of hydrogen-bond donors (Lipinski definition) is 0. The molecule has 0 radical (unpaired) electrons. The van der Waals surface area contributed by atoms with Gasteiger partial charge in [0.2, 0.25) is 0 Å². The van der Waals surface area contributed by atoms with Gasteiger partial charge in [-0.15, -0.1) is 6.58 Å². The fourth-order valence-electron chi connectivity index (χ4n) is 3.06. The van der Waals surface area contributed by atoms with E-state index in [-0.39, 0.29) is 0 Å². The summed E-state index contributed by atoms with van der Waals surface area (Å²) in [6.45, 7) is 4.39. The average molecular weight is 355 g/mol. The number of benzene rings is 3. The van der Waals surface area contributed by atoms with Crippen LogP contribution in [-0.2, 0) is 4.43 Å². The summed E-state index contributed by atoms with van der Waals surface area (Å²) in [5.74, 6) is 6.37. The van der Waals surface area contributed by atoms with Crippen LogP contribution in [0.1, 0.15) is 5.56 Å². The Kier molecular flexibility index (Phi) is 6.22. The summed E-state index contributed by atoms with van der Waals surface area (Å²) in [6.07, 6.45) is 1.97. The molecule has 2 heteroatoms. The maximum atomic E-state index is 6.56. The van der Waals surface area contributed by atoms with Crippen molar-refractivity contribution in [3.05, 3.63) is 109 Å². The summed E-state index contributed by atoms with van der Waals surface area (Å²) in [7, 11) is -2.41. The minimum atomic E-state index is -2.41. The topological polar surface area (TPSA) is 9.23 Å². The molecule has 0 aromatic heterocycles. The molecule has 3 aromatic carbocycles. The van der Waals surface area contributed by atoms with E-state index in [2.05, 4.69) is 67.0 Å². The van der Waals surface area contributed by atoms with E-state index in [0.29, 0.717) is 6.61 Å². The van der Waals surface area contributed by atoms with E-state index in [9.17, 15) is 0 Å². The molecule has 0 aliphatic carbocycles. The molecule has 0 bridgehead atoms. The Bertz CT molecular complexity index is 838. The van der Waals surface area contributed by atoms with Gasteiger partial charge in [0.25, 0.3) is 8.32 Å². The predicted molar refractivity (Wildman–Crippen MR) is 112 cm³/mol. The molecule has 0 heterocycles. The quantitative estimate of drug-likeness (QED) is 0.369. The summed E-state index contributed by atoms with van der Waals surface area (Å²) in [5.41, 5.74) is 1.01. The van der Waals surface area contributed by atoms with Crippen LogP contribution in [0.4, 0.5) is 0 Å². The normalized spacial score (nSPS) is 10.6. The SMILES string of the molecule is C=CC[Si](OCC#Cc1ccccc1)(c1ccccc1)c1ccccc1. The van der Waals surface area contributed by atoms with Gasteiger partial charge >= 0.3 is 0 Å². The second-order valence-electron chi connectivity index (χ2n) is 6.01. The van der Waals surface area contributed by atoms with Gasteiger partial charge in [-0.3, -0.25) is 0 Å². The molecule has 0 amide bonds. The van der Waals surface area contributed by atoms with Crippen LogP contribution in [0.5, 0.6) is 0 Å². The number of rotatable bonds is 6. The van der Waals surface area contributed by atoms with Crippen molar-refractivity contribution >= 4 is 18.7 Å². The highest BCUT2D eigenvalue weighted by Crippen LogP contribution is 2.14. The lowest BCUT2D eigenvalue weighted by molar-refractivity contribution is 0.372. The Morgan fingerprint density at radius 2 is 1.27 bits per heavy atom. The monoisotopic (exact) mass is 354 g/mol. The zero-order valence-corrected chi connectivity index (χ0v) is 15.8. The van der Waals surface area contributed by atoms with Gasteiger partial charge in [0.15, 0.2) is 0 Å². The molecule has 0 spiro atoms. The first-order valence-corrected chi connectivity index (χ1v) is 10.9. The third kappa shape index (κ3) is 4.21. The molecule has 3 rings (SSSR count). The van der Waals surface area contributed by atoms with Crippen molar-refractivity contribution in [2.24, 2.45) is 0 Å². The molecule has 0 unspecified atom stereocenters.